The fraction of sp³-hybridized carbons (Fsp3) is 0.636. The van der Waals surface area contributed by atoms with Crippen molar-refractivity contribution >= 4 is 21.4 Å². The van der Waals surface area contributed by atoms with Crippen LogP contribution in [0.4, 0.5) is 0 Å². The average molecular weight is 277 g/mol. The summed E-state index contributed by atoms with van der Waals surface area (Å²) in [6.07, 6.45) is 0.818. The predicted octanol–water partition coefficient (Wildman–Crippen LogP) is 1.80. The van der Waals surface area contributed by atoms with E-state index in [1.807, 2.05) is 13.8 Å². The molecule has 1 atom stereocenters. The number of aliphatic hydroxyl groups excluding tert-OH is 1. The molecular formula is C11H19NO3S2. The molecule has 98 valence electrons. The van der Waals surface area contributed by atoms with Gasteiger partial charge in [-0.1, -0.05) is 13.3 Å². The average Bonchev–Trinajstić information content (AvgIpc) is 2.56. The molecule has 2 N–H and O–H groups in total. The minimum absolute atomic E-state index is 0.0739. The molecule has 0 fully saturated rings. The summed E-state index contributed by atoms with van der Waals surface area (Å²) in [5, 5.41) is 9.51. The van der Waals surface area contributed by atoms with Crippen LogP contribution in [0.3, 0.4) is 0 Å². The fourth-order valence-electron chi connectivity index (χ4n) is 1.59. The van der Waals surface area contributed by atoms with E-state index in [0.717, 1.165) is 16.2 Å². The number of hydrogen-bond acceptors (Lipinski definition) is 4. The maximum absolute atomic E-state index is 12.0. The van der Waals surface area contributed by atoms with E-state index in [-0.39, 0.29) is 6.54 Å². The summed E-state index contributed by atoms with van der Waals surface area (Å²) >= 11 is 1.46. The van der Waals surface area contributed by atoms with Gasteiger partial charge in [-0.05, 0) is 26.3 Å². The molecule has 0 amide bonds. The van der Waals surface area contributed by atoms with Gasteiger partial charge in [-0.2, -0.15) is 0 Å². The molecule has 0 saturated carbocycles. The van der Waals surface area contributed by atoms with E-state index in [0.29, 0.717) is 11.3 Å². The van der Waals surface area contributed by atoms with Gasteiger partial charge in [0, 0.05) is 16.3 Å². The van der Waals surface area contributed by atoms with Crippen LogP contribution in [0.15, 0.2) is 11.0 Å². The third-order valence-corrected chi connectivity index (χ3v) is 5.06. The van der Waals surface area contributed by atoms with Gasteiger partial charge in [-0.25, -0.2) is 13.1 Å². The zero-order valence-corrected chi connectivity index (χ0v) is 12.0. The first-order valence-corrected chi connectivity index (χ1v) is 7.91. The SMILES string of the molecule is CCCC(O)CNS(=O)(=O)c1cc(C)sc1C. The van der Waals surface area contributed by atoms with Crippen molar-refractivity contribution in [3.8, 4) is 0 Å². The lowest BCUT2D eigenvalue weighted by Gasteiger charge is -2.10. The first-order chi connectivity index (χ1) is 7.86. The highest BCUT2D eigenvalue weighted by molar-refractivity contribution is 7.89. The molecule has 0 radical (unpaired) electrons. The summed E-state index contributed by atoms with van der Waals surface area (Å²) in [7, 11) is -3.48. The second-order valence-corrected chi connectivity index (χ2v) is 7.27. The van der Waals surface area contributed by atoms with E-state index in [1.165, 1.54) is 11.3 Å². The standard InChI is InChI=1S/C11H19NO3S2/c1-4-5-10(13)7-12-17(14,15)11-6-8(2)16-9(11)3/h6,10,12-13H,4-5,7H2,1-3H3. The molecule has 1 unspecified atom stereocenters. The van der Waals surface area contributed by atoms with Crippen molar-refractivity contribution in [2.45, 2.75) is 44.6 Å². The molecule has 1 aromatic rings. The van der Waals surface area contributed by atoms with Crippen LogP contribution >= 0.6 is 11.3 Å². The molecule has 1 aromatic heterocycles. The molecule has 17 heavy (non-hydrogen) atoms. The summed E-state index contributed by atoms with van der Waals surface area (Å²) < 4.78 is 26.4. The maximum Gasteiger partial charge on any atom is 0.241 e. The highest BCUT2D eigenvalue weighted by atomic mass is 32.2. The maximum atomic E-state index is 12.0. The van der Waals surface area contributed by atoms with Crippen LogP contribution in [-0.2, 0) is 10.0 Å². The zero-order valence-electron chi connectivity index (χ0n) is 10.4. The van der Waals surface area contributed by atoms with E-state index in [1.54, 1.807) is 13.0 Å². The van der Waals surface area contributed by atoms with Crippen LogP contribution in [0, 0.1) is 13.8 Å². The Hall–Kier alpha value is -0.430. The van der Waals surface area contributed by atoms with Crippen molar-refractivity contribution in [1.29, 1.82) is 0 Å². The Morgan fingerprint density at radius 3 is 2.59 bits per heavy atom. The number of rotatable bonds is 6. The number of thiophene rings is 1. The highest BCUT2D eigenvalue weighted by Gasteiger charge is 2.19. The molecule has 0 aliphatic rings. The second kappa shape index (κ2) is 5.95. The first kappa shape index (κ1) is 14.6. The molecule has 0 aliphatic carbocycles. The Morgan fingerprint density at radius 2 is 2.12 bits per heavy atom. The lowest BCUT2D eigenvalue weighted by atomic mass is 10.2. The number of aliphatic hydroxyl groups is 1. The van der Waals surface area contributed by atoms with Gasteiger partial charge in [-0.3, -0.25) is 0 Å². The summed E-state index contributed by atoms with van der Waals surface area (Å²) in [6.45, 7) is 5.69. The molecule has 1 rings (SSSR count). The molecule has 0 aromatic carbocycles. The van der Waals surface area contributed by atoms with Gasteiger partial charge >= 0.3 is 0 Å². The minimum atomic E-state index is -3.48. The number of sulfonamides is 1. The van der Waals surface area contributed by atoms with Crippen molar-refractivity contribution in [3.63, 3.8) is 0 Å². The Bertz CT molecular complexity index is 465. The Morgan fingerprint density at radius 1 is 1.47 bits per heavy atom. The largest absolute Gasteiger partial charge is 0.392 e. The summed E-state index contributed by atoms with van der Waals surface area (Å²) in [5.41, 5.74) is 0. The van der Waals surface area contributed by atoms with Crippen LogP contribution in [0.2, 0.25) is 0 Å². The Labute approximate surface area is 107 Å². The molecule has 6 heteroatoms. The van der Waals surface area contributed by atoms with Gasteiger partial charge in [-0.15, -0.1) is 11.3 Å². The molecule has 4 nitrogen and oxygen atoms in total. The van der Waals surface area contributed by atoms with Crippen LogP contribution in [0.25, 0.3) is 0 Å². The Balaban J connectivity index is 2.73. The van der Waals surface area contributed by atoms with Crippen molar-refractivity contribution in [2.24, 2.45) is 0 Å². The van der Waals surface area contributed by atoms with Gasteiger partial charge in [0.1, 0.15) is 0 Å². The van der Waals surface area contributed by atoms with Crippen molar-refractivity contribution in [3.05, 3.63) is 15.8 Å². The normalized spacial score (nSPS) is 13.9. The van der Waals surface area contributed by atoms with Gasteiger partial charge in [0.05, 0.1) is 11.0 Å². The minimum Gasteiger partial charge on any atom is -0.392 e. The third kappa shape index (κ3) is 4.06. The zero-order chi connectivity index (χ0) is 13.1. The first-order valence-electron chi connectivity index (χ1n) is 5.61. The Kier molecular flexibility index (Phi) is 5.12. The topological polar surface area (TPSA) is 66.4 Å². The molecule has 0 spiro atoms. The van der Waals surface area contributed by atoms with Crippen molar-refractivity contribution < 1.29 is 13.5 Å². The predicted molar refractivity (Wildman–Crippen MR) is 69.9 cm³/mol. The van der Waals surface area contributed by atoms with Gasteiger partial charge in [0.15, 0.2) is 0 Å². The van der Waals surface area contributed by atoms with Crippen LogP contribution in [0.5, 0.6) is 0 Å². The van der Waals surface area contributed by atoms with E-state index >= 15 is 0 Å². The fourth-order valence-corrected chi connectivity index (χ4v) is 4.22. The van der Waals surface area contributed by atoms with E-state index in [4.69, 9.17) is 0 Å². The number of nitrogens with one attached hydrogen (secondary N) is 1. The van der Waals surface area contributed by atoms with Crippen molar-refractivity contribution in [1.82, 2.24) is 4.72 Å². The van der Waals surface area contributed by atoms with Crippen molar-refractivity contribution in [2.75, 3.05) is 6.54 Å². The monoisotopic (exact) mass is 277 g/mol. The van der Waals surface area contributed by atoms with Crippen LogP contribution in [0.1, 0.15) is 29.5 Å². The lowest BCUT2D eigenvalue weighted by Crippen LogP contribution is -2.32. The summed E-state index contributed by atoms with van der Waals surface area (Å²) in [4.78, 5) is 2.07. The van der Waals surface area contributed by atoms with Gasteiger partial charge in [0.25, 0.3) is 0 Å². The highest BCUT2D eigenvalue weighted by Crippen LogP contribution is 2.24. The molecule has 0 saturated heterocycles. The molecular weight excluding hydrogens is 258 g/mol. The van der Waals surface area contributed by atoms with E-state index < -0.39 is 16.1 Å². The van der Waals surface area contributed by atoms with E-state index in [2.05, 4.69) is 4.72 Å². The van der Waals surface area contributed by atoms with Crippen LogP contribution < -0.4 is 4.72 Å². The van der Waals surface area contributed by atoms with Gasteiger partial charge < -0.3 is 5.11 Å². The quantitative estimate of drug-likeness (QED) is 0.833. The second-order valence-electron chi connectivity index (χ2n) is 4.07. The van der Waals surface area contributed by atoms with Gasteiger partial charge in [0.2, 0.25) is 10.0 Å². The lowest BCUT2D eigenvalue weighted by molar-refractivity contribution is 0.167. The third-order valence-electron chi connectivity index (χ3n) is 2.42. The van der Waals surface area contributed by atoms with E-state index in [9.17, 15) is 13.5 Å². The molecule has 0 aliphatic heterocycles. The summed E-state index contributed by atoms with van der Waals surface area (Å²) in [5.74, 6) is 0. The van der Waals surface area contributed by atoms with Crippen LogP contribution in [-0.4, -0.2) is 26.2 Å². The summed E-state index contributed by atoms with van der Waals surface area (Å²) in [6, 6.07) is 1.66. The molecule has 0 bridgehead atoms. The molecule has 1 heterocycles. The number of hydrogen-bond donors (Lipinski definition) is 2. The number of aryl methyl sites for hydroxylation is 2. The smallest absolute Gasteiger partial charge is 0.241 e.